The van der Waals surface area contributed by atoms with Gasteiger partial charge >= 0.3 is 0 Å². The number of rotatable bonds is 6. The third kappa shape index (κ3) is 4.14. The highest BCUT2D eigenvalue weighted by Crippen LogP contribution is 2.23. The van der Waals surface area contributed by atoms with Crippen molar-refractivity contribution in [2.45, 2.75) is 37.3 Å². The number of nitrogens with one attached hydrogen (secondary N) is 1. The average molecular weight is 430 g/mol. The SMILES string of the molecule is CC(NC(=O)c1ccc(S(=O)(=O)N2CCCCC2)o1)c1ccc(-n2cncn2)cc1. The van der Waals surface area contributed by atoms with Gasteiger partial charge in [0.1, 0.15) is 12.7 Å². The average Bonchev–Trinajstić information content (AvgIpc) is 3.47. The molecule has 0 radical (unpaired) electrons. The molecule has 1 N–H and O–H groups in total. The molecule has 0 saturated carbocycles. The van der Waals surface area contributed by atoms with Gasteiger partial charge in [-0.25, -0.2) is 18.1 Å². The van der Waals surface area contributed by atoms with Gasteiger partial charge in [-0.2, -0.15) is 9.40 Å². The summed E-state index contributed by atoms with van der Waals surface area (Å²) in [6.07, 6.45) is 5.75. The van der Waals surface area contributed by atoms with E-state index in [1.165, 1.54) is 22.8 Å². The zero-order valence-electron chi connectivity index (χ0n) is 16.6. The second kappa shape index (κ2) is 8.41. The second-order valence-electron chi connectivity index (χ2n) is 7.21. The molecule has 1 fully saturated rings. The maximum Gasteiger partial charge on any atom is 0.287 e. The van der Waals surface area contributed by atoms with Crippen LogP contribution < -0.4 is 5.32 Å². The van der Waals surface area contributed by atoms with Crippen molar-refractivity contribution in [1.82, 2.24) is 24.4 Å². The van der Waals surface area contributed by atoms with Gasteiger partial charge in [0, 0.05) is 13.1 Å². The van der Waals surface area contributed by atoms with E-state index in [-0.39, 0.29) is 16.9 Å². The molecule has 158 valence electrons. The molecule has 1 atom stereocenters. The molecule has 1 saturated heterocycles. The molecular weight excluding hydrogens is 406 g/mol. The van der Waals surface area contributed by atoms with Crippen LogP contribution in [0.1, 0.15) is 48.3 Å². The van der Waals surface area contributed by atoms with E-state index in [4.69, 9.17) is 4.42 Å². The van der Waals surface area contributed by atoms with E-state index in [9.17, 15) is 13.2 Å². The van der Waals surface area contributed by atoms with E-state index in [1.54, 1.807) is 11.0 Å². The van der Waals surface area contributed by atoms with Crippen molar-refractivity contribution in [1.29, 1.82) is 0 Å². The van der Waals surface area contributed by atoms with E-state index in [1.807, 2.05) is 31.2 Å². The van der Waals surface area contributed by atoms with Crippen LogP contribution in [0.15, 0.2) is 58.6 Å². The number of sulfonamides is 1. The monoisotopic (exact) mass is 429 g/mol. The third-order valence-corrected chi connectivity index (χ3v) is 6.91. The largest absolute Gasteiger partial charge is 0.438 e. The minimum absolute atomic E-state index is 0.0309. The minimum atomic E-state index is -3.71. The highest BCUT2D eigenvalue weighted by molar-refractivity contribution is 7.89. The van der Waals surface area contributed by atoms with E-state index in [0.717, 1.165) is 30.5 Å². The van der Waals surface area contributed by atoms with Gasteiger partial charge in [0.25, 0.3) is 15.9 Å². The van der Waals surface area contributed by atoms with Gasteiger partial charge in [-0.15, -0.1) is 0 Å². The lowest BCUT2D eigenvalue weighted by molar-refractivity contribution is 0.0906. The van der Waals surface area contributed by atoms with Crippen LogP contribution in [0, 0.1) is 0 Å². The molecule has 30 heavy (non-hydrogen) atoms. The van der Waals surface area contributed by atoms with Crippen LogP contribution >= 0.6 is 0 Å². The van der Waals surface area contributed by atoms with Crippen molar-refractivity contribution in [2.75, 3.05) is 13.1 Å². The Hall–Kier alpha value is -2.98. The van der Waals surface area contributed by atoms with Crippen molar-refractivity contribution in [3.05, 3.63) is 60.4 Å². The Labute approximate surface area is 174 Å². The smallest absolute Gasteiger partial charge is 0.287 e. The summed E-state index contributed by atoms with van der Waals surface area (Å²) in [5.41, 5.74) is 1.74. The molecule has 9 nitrogen and oxygen atoms in total. The Morgan fingerprint density at radius 3 is 2.50 bits per heavy atom. The number of piperidine rings is 1. The summed E-state index contributed by atoms with van der Waals surface area (Å²) in [5.74, 6) is -0.500. The fourth-order valence-corrected chi connectivity index (χ4v) is 4.85. The summed E-state index contributed by atoms with van der Waals surface area (Å²) in [5, 5.41) is 6.72. The fourth-order valence-electron chi connectivity index (χ4n) is 3.42. The number of hydrogen-bond donors (Lipinski definition) is 1. The van der Waals surface area contributed by atoms with Crippen LogP contribution in [0.2, 0.25) is 0 Å². The van der Waals surface area contributed by atoms with Gasteiger partial charge < -0.3 is 9.73 Å². The van der Waals surface area contributed by atoms with Crippen LogP contribution in [0.25, 0.3) is 5.69 Å². The maximum atomic E-state index is 12.7. The number of amides is 1. The first kappa shape index (κ1) is 20.3. The van der Waals surface area contributed by atoms with Crippen molar-refractivity contribution < 1.29 is 17.6 Å². The van der Waals surface area contributed by atoms with Crippen molar-refractivity contribution in [3.63, 3.8) is 0 Å². The Morgan fingerprint density at radius 1 is 1.10 bits per heavy atom. The second-order valence-corrected chi connectivity index (χ2v) is 9.08. The zero-order chi connectivity index (χ0) is 21.1. The van der Waals surface area contributed by atoms with Gasteiger partial charge in [0.15, 0.2) is 5.76 Å². The molecule has 4 rings (SSSR count). The first-order valence-electron chi connectivity index (χ1n) is 9.81. The lowest BCUT2D eigenvalue weighted by Gasteiger charge is -2.24. The quantitative estimate of drug-likeness (QED) is 0.645. The van der Waals surface area contributed by atoms with E-state index >= 15 is 0 Å². The van der Waals surface area contributed by atoms with Crippen LogP contribution in [0.3, 0.4) is 0 Å². The minimum Gasteiger partial charge on any atom is -0.438 e. The summed E-state index contributed by atoms with van der Waals surface area (Å²) < 4.78 is 33.8. The standard InChI is InChI=1S/C20H23N5O4S/c1-15(16-5-7-17(8-6-16)25-14-21-13-22-25)23-20(26)18-9-10-19(29-18)30(27,28)24-11-3-2-4-12-24/h5-10,13-15H,2-4,11-12H2,1H3,(H,23,26). The van der Waals surface area contributed by atoms with E-state index in [2.05, 4.69) is 15.4 Å². The maximum absolute atomic E-state index is 12.7. The molecule has 1 aliphatic rings. The number of aromatic nitrogens is 3. The predicted octanol–water partition coefficient (Wildman–Crippen LogP) is 2.53. The summed E-state index contributed by atoms with van der Waals surface area (Å²) in [6.45, 7) is 2.80. The first-order valence-corrected chi connectivity index (χ1v) is 11.2. The highest BCUT2D eigenvalue weighted by Gasteiger charge is 2.29. The summed E-state index contributed by atoms with van der Waals surface area (Å²) in [6, 6.07) is 9.97. The Bertz CT molecular complexity index is 1100. The number of benzene rings is 1. The Balaban J connectivity index is 1.42. The van der Waals surface area contributed by atoms with Crippen molar-refractivity contribution >= 4 is 15.9 Å². The summed E-state index contributed by atoms with van der Waals surface area (Å²) in [4.78, 5) is 16.5. The molecule has 2 aromatic heterocycles. The first-order chi connectivity index (χ1) is 14.4. The molecule has 0 bridgehead atoms. The van der Waals surface area contributed by atoms with Gasteiger partial charge in [0.2, 0.25) is 5.09 Å². The number of carbonyl (C=O) groups excluding carboxylic acids is 1. The molecule has 0 aliphatic carbocycles. The summed E-state index contributed by atoms with van der Waals surface area (Å²) in [7, 11) is -3.71. The zero-order valence-corrected chi connectivity index (χ0v) is 17.4. The molecule has 1 amide bonds. The number of furan rings is 1. The van der Waals surface area contributed by atoms with Crippen LogP contribution in [0.4, 0.5) is 0 Å². The highest BCUT2D eigenvalue weighted by atomic mass is 32.2. The lowest BCUT2D eigenvalue weighted by atomic mass is 10.1. The molecule has 1 aromatic carbocycles. The summed E-state index contributed by atoms with van der Waals surface area (Å²) >= 11 is 0. The van der Waals surface area contributed by atoms with Gasteiger partial charge in [-0.3, -0.25) is 4.79 Å². The third-order valence-electron chi connectivity index (χ3n) is 5.14. The number of carbonyl (C=O) groups is 1. The van der Waals surface area contributed by atoms with Gasteiger partial charge in [-0.05, 0) is 49.6 Å². The van der Waals surface area contributed by atoms with Crippen LogP contribution in [0.5, 0.6) is 0 Å². The molecule has 10 heteroatoms. The van der Waals surface area contributed by atoms with E-state index in [0.29, 0.717) is 13.1 Å². The van der Waals surface area contributed by atoms with Crippen LogP contribution in [-0.2, 0) is 10.0 Å². The van der Waals surface area contributed by atoms with Gasteiger partial charge in [-0.1, -0.05) is 18.6 Å². The Morgan fingerprint density at radius 2 is 1.83 bits per heavy atom. The topological polar surface area (TPSA) is 110 Å². The van der Waals surface area contributed by atoms with Crippen molar-refractivity contribution in [3.8, 4) is 5.69 Å². The number of hydrogen-bond acceptors (Lipinski definition) is 6. The van der Waals surface area contributed by atoms with Gasteiger partial charge in [0.05, 0.1) is 11.7 Å². The van der Waals surface area contributed by atoms with E-state index < -0.39 is 15.9 Å². The molecular formula is C20H23N5O4S. The Kier molecular flexibility index (Phi) is 5.69. The number of nitrogens with zero attached hydrogens (tertiary/aromatic N) is 4. The van der Waals surface area contributed by atoms with Crippen molar-refractivity contribution in [2.24, 2.45) is 0 Å². The normalized spacial score (nSPS) is 16.3. The van der Waals surface area contributed by atoms with Crippen LogP contribution in [-0.4, -0.2) is 46.5 Å². The lowest BCUT2D eigenvalue weighted by Crippen LogP contribution is -2.35. The molecule has 1 unspecified atom stereocenters. The predicted molar refractivity (Wildman–Crippen MR) is 109 cm³/mol. The molecule has 0 spiro atoms. The molecule has 3 heterocycles. The molecule has 3 aromatic rings. The fraction of sp³-hybridized carbons (Fsp3) is 0.350. The molecule has 1 aliphatic heterocycles.